The minimum atomic E-state index is 0.163. The van der Waals surface area contributed by atoms with Crippen LogP contribution in [-0.2, 0) is 11.3 Å². The van der Waals surface area contributed by atoms with Crippen LogP contribution in [-0.4, -0.2) is 25.1 Å². The quantitative estimate of drug-likeness (QED) is 0.801. The van der Waals surface area contributed by atoms with Gasteiger partial charge < -0.3 is 15.4 Å². The molecule has 1 amide bonds. The summed E-state index contributed by atoms with van der Waals surface area (Å²) >= 11 is 0. The second kappa shape index (κ2) is 6.40. The number of nitrogens with one attached hydrogen (secondary N) is 2. The Morgan fingerprint density at radius 2 is 2.28 bits per heavy atom. The highest BCUT2D eigenvalue weighted by Crippen LogP contribution is 2.17. The zero-order valence-corrected chi connectivity index (χ0v) is 10.7. The number of hydrogen-bond donors (Lipinski definition) is 2. The first-order chi connectivity index (χ1) is 8.79. The lowest BCUT2D eigenvalue weighted by atomic mass is 10.2. The van der Waals surface area contributed by atoms with Crippen LogP contribution >= 0.6 is 0 Å². The van der Waals surface area contributed by atoms with Crippen LogP contribution in [0, 0.1) is 0 Å². The third kappa shape index (κ3) is 3.47. The number of ether oxygens (including phenoxy) is 1. The highest BCUT2D eigenvalue weighted by Gasteiger charge is 2.19. The Labute approximate surface area is 108 Å². The van der Waals surface area contributed by atoms with E-state index in [-0.39, 0.29) is 11.9 Å². The number of para-hydroxylation sites is 1. The Kier molecular flexibility index (Phi) is 4.59. The largest absolute Gasteiger partial charge is 0.494 e. The number of amides is 1. The van der Waals surface area contributed by atoms with E-state index < -0.39 is 0 Å². The maximum absolute atomic E-state index is 11.1. The van der Waals surface area contributed by atoms with Crippen molar-refractivity contribution >= 4 is 5.91 Å². The maximum atomic E-state index is 11.1. The lowest BCUT2D eigenvalue weighted by Gasteiger charge is -2.13. The van der Waals surface area contributed by atoms with Crippen molar-refractivity contribution in [1.82, 2.24) is 10.6 Å². The Morgan fingerprint density at radius 1 is 1.44 bits per heavy atom. The molecule has 0 bridgehead atoms. The van der Waals surface area contributed by atoms with Crippen molar-refractivity contribution in [2.75, 3.05) is 13.2 Å². The molecule has 1 heterocycles. The van der Waals surface area contributed by atoms with Crippen molar-refractivity contribution in [1.29, 1.82) is 0 Å². The summed E-state index contributed by atoms with van der Waals surface area (Å²) in [6.45, 7) is 4.24. The molecular weight excluding hydrogens is 228 g/mol. The Hall–Kier alpha value is -1.55. The van der Waals surface area contributed by atoms with Crippen molar-refractivity contribution < 1.29 is 9.53 Å². The monoisotopic (exact) mass is 248 g/mol. The molecule has 1 aromatic rings. The van der Waals surface area contributed by atoms with Gasteiger partial charge in [-0.05, 0) is 19.4 Å². The number of carbonyl (C=O) groups is 1. The maximum Gasteiger partial charge on any atom is 0.220 e. The highest BCUT2D eigenvalue weighted by molar-refractivity contribution is 5.78. The molecule has 18 heavy (non-hydrogen) atoms. The van der Waals surface area contributed by atoms with E-state index in [0.29, 0.717) is 13.0 Å². The van der Waals surface area contributed by atoms with E-state index in [9.17, 15) is 4.79 Å². The first-order valence-electron chi connectivity index (χ1n) is 6.50. The third-order valence-corrected chi connectivity index (χ3v) is 3.06. The van der Waals surface area contributed by atoms with Gasteiger partial charge in [-0.1, -0.05) is 18.2 Å². The second-order valence-electron chi connectivity index (χ2n) is 4.47. The summed E-state index contributed by atoms with van der Waals surface area (Å²) in [5, 5.41) is 6.32. The molecule has 1 atom stereocenters. The van der Waals surface area contributed by atoms with Crippen LogP contribution in [0.15, 0.2) is 24.3 Å². The zero-order chi connectivity index (χ0) is 12.8. The van der Waals surface area contributed by atoms with Crippen molar-refractivity contribution in [2.24, 2.45) is 0 Å². The molecule has 0 spiro atoms. The van der Waals surface area contributed by atoms with Crippen LogP contribution in [0.25, 0.3) is 0 Å². The molecule has 0 aromatic heterocycles. The average molecular weight is 248 g/mol. The number of hydrogen-bond acceptors (Lipinski definition) is 3. The predicted molar refractivity (Wildman–Crippen MR) is 70.5 cm³/mol. The van der Waals surface area contributed by atoms with E-state index in [2.05, 4.69) is 16.7 Å². The van der Waals surface area contributed by atoms with Crippen molar-refractivity contribution in [3.63, 3.8) is 0 Å². The molecule has 2 rings (SSSR count). The fourth-order valence-electron chi connectivity index (χ4n) is 2.16. The van der Waals surface area contributed by atoms with Crippen molar-refractivity contribution in [3.05, 3.63) is 29.8 Å². The van der Waals surface area contributed by atoms with Crippen LogP contribution in [0.2, 0.25) is 0 Å². The minimum absolute atomic E-state index is 0.163. The minimum Gasteiger partial charge on any atom is -0.494 e. The molecule has 1 unspecified atom stereocenters. The van der Waals surface area contributed by atoms with Crippen LogP contribution in [0.3, 0.4) is 0 Å². The van der Waals surface area contributed by atoms with E-state index in [0.717, 1.165) is 30.8 Å². The summed E-state index contributed by atoms with van der Waals surface area (Å²) < 4.78 is 5.57. The summed E-state index contributed by atoms with van der Waals surface area (Å²) in [7, 11) is 0. The summed E-state index contributed by atoms with van der Waals surface area (Å²) in [5.41, 5.74) is 1.16. The summed E-state index contributed by atoms with van der Waals surface area (Å²) in [6, 6.07) is 8.31. The van der Waals surface area contributed by atoms with Gasteiger partial charge in [0.2, 0.25) is 5.91 Å². The topological polar surface area (TPSA) is 50.4 Å². The molecule has 0 radical (unpaired) electrons. The summed E-state index contributed by atoms with van der Waals surface area (Å²) in [5.74, 6) is 1.10. The fraction of sp³-hybridized carbons (Fsp3) is 0.500. The second-order valence-corrected chi connectivity index (χ2v) is 4.47. The van der Waals surface area contributed by atoms with Gasteiger partial charge in [-0.15, -0.1) is 0 Å². The Balaban J connectivity index is 1.80. The van der Waals surface area contributed by atoms with Gasteiger partial charge in [-0.2, -0.15) is 0 Å². The molecule has 2 N–H and O–H groups in total. The normalized spacial score (nSPS) is 18.7. The lowest BCUT2D eigenvalue weighted by molar-refractivity contribution is -0.119. The standard InChI is InChI=1S/C14H20N2O2/c1-2-18-13-6-4-3-5-11(13)9-15-10-12-7-8-14(17)16-12/h3-6,12,15H,2,7-10H2,1H3,(H,16,17). The van der Waals surface area contributed by atoms with Gasteiger partial charge in [0.1, 0.15) is 5.75 Å². The summed E-state index contributed by atoms with van der Waals surface area (Å²) in [6.07, 6.45) is 1.58. The van der Waals surface area contributed by atoms with Gasteiger partial charge in [0.05, 0.1) is 6.61 Å². The smallest absolute Gasteiger partial charge is 0.220 e. The zero-order valence-electron chi connectivity index (χ0n) is 10.7. The molecule has 1 aliphatic rings. The van der Waals surface area contributed by atoms with E-state index in [1.54, 1.807) is 0 Å². The van der Waals surface area contributed by atoms with Crippen molar-refractivity contribution in [2.45, 2.75) is 32.4 Å². The Morgan fingerprint density at radius 3 is 3.00 bits per heavy atom. The van der Waals surface area contributed by atoms with Gasteiger partial charge in [0.15, 0.2) is 0 Å². The third-order valence-electron chi connectivity index (χ3n) is 3.06. The first-order valence-corrected chi connectivity index (χ1v) is 6.50. The number of carbonyl (C=O) groups excluding carboxylic acids is 1. The number of benzene rings is 1. The van der Waals surface area contributed by atoms with E-state index >= 15 is 0 Å². The van der Waals surface area contributed by atoms with Gasteiger partial charge in [-0.3, -0.25) is 4.79 Å². The predicted octanol–water partition coefficient (Wildman–Crippen LogP) is 1.45. The fourth-order valence-corrected chi connectivity index (χ4v) is 2.16. The molecule has 0 saturated carbocycles. The van der Waals surface area contributed by atoms with Crippen LogP contribution in [0.4, 0.5) is 0 Å². The molecule has 1 fully saturated rings. The van der Waals surface area contributed by atoms with Crippen LogP contribution in [0.5, 0.6) is 5.75 Å². The van der Waals surface area contributed by atoms with Gasteiger partial charge >= 0.3 is 0 Å². The molecule has 1 aliphatic heterocycles. The molecule has 1 saturated heterocycles. The van der Waals surface area contributed by atoms with E-state index in [1.807, 2.05) is 25.1 Å². The van der Waals surface area contributed by atoms with E-state index in [1.165, 1.54) is 0 Å². The molecule has 4 heteroatoms. The number of rotatable bonds is 6. The molecule has 4 nitrogen and oxygen atoms in total. The van der Waals surface area contributed by atoms with Crippen LogP contribution in [0.1, 0.15) is 25.3 Å². The molecule has 1 aromatic carbocycles. The molecule has 0 aliphatic carbocycles. The molecule has 98 valence electrons. The van der Waals surface area contributed by atoms with Gasteiger partial charge in [-0.25, -0.2) is 0 Å². The van der Waals surface area contributed by atoms with Gasteiger partial charge in [0.25, 0.3) is 0 Å². The van der Waals surface area contributed by atoms with Gasteiger partial charge in [0, 0.05) is 31.1 Å². The van der Waals surface area contributed by atoms with E-state index in [4.69, 9.17) is 4.74 Å². The van der Waals surface area contributed by atoms with Crippen molar-refractivity contribution in [3.8, 4) is 5.75 Å². The molecular formula is C14H20N2O2. The average Bonchev–Trinajstić information content (AvgIpc) is 2.78. The first kappa shape index (κ1) is 12.9. The lowest BCUT2D eigenvalue weighted by Crippen LogP contribution is -2.35. The highest BCUT2D eigenvalue weighted by atomic mass is 16.5. The summed E-state index contributed by atoms with van der Waals surface area (Å²) in [4.78, 5) is 11.1. The Bertz CT molecular complexity index is 407. The SMILES string of the molecule is CCOc1ccccc1CNCC1CCC(=O)N1. The van der Waals surface area contributed by atoms with Crippen LogP contribution < -0.4 is 15.4 Å².